The van der Waals surface area contributed by atoms with Crippen LogP contribution in [0.5, 0.6) is 0 Å². The van der Waals surface area contributed by atoms with E-state index in [0.717, 1.165) is 32.4 Å². The number of carbonyl (C=O) groups is 2. The number of amides is 2. The van der Waals surface area contributed by atoms with Crippen LogP contribution < -0.4 is 5.32 Å². The predicted molar refractivity (Wildman–Crippen MR) is 59.7 cm³/mol. The first-order valence-corrected chi connectivity index (χ1v) is 5.76. The van der Waals surface area contributed by atoms with Crippen LogP contribution in [0.4, 0.5) is 0 Å². The second-order valence-electron chi connectivity index (χ2n) is 4.25. The van der Waals surface area contributed by atoms with E-state index in [1.165, 1.54) is 6.92 Å². The standard InChI is InChI=1S/C11H20N2O3/c1-9(15)12-8-11(16)13-5-2-10(3-6-13)4-7-14/h10,14H,2-8H2,1H3,(H,12,15). The number of carbonyl (C=O) groups excluding carboxylic acids is 2. The van der Waals surface area contributed by atoms with Crippen molar-refractivity contribution in [2.24, 2.45) is 5.92 Å². The zero-order valence-corrected chi connectivity index (χ0v) is 9.74. The summed E-state index contributed by atoms with van der Waals surface area (Å²) >= 11 is 0. The lowest BCUT2D eigenvalue weighted by Crippen LogP contribution is -2.43. The number of aliphatic hydroxyl groups excluding tert-OH is 1. The zero-order valence-electron chi connectivity index (χ0n) is 9.74. The minimum Gasteiger partial charge on any atom is -0.396 e. The molecule has 1 aliphatic rings. The molecule has 0 spiro atoms. The van der Waals surface area contributed by atoms with E-state index in [2.05, 4.69) is 5.32 Å². The molecule has 0 saturated carbocycles. The summed E-state index contributed by atoms with van der Waals surface area (Å²) in [5, 5.41) is 11.3. The van der Waals surface area contributed by atoms with Crippen molar-refractivity contribution in [2.45, 2.75) is 26.2 Å². The van der Waals surface area contributed by atoms with E-state index in [1.54, 1.807) is 4.90 Å². The summed E-state index contributed by atoms with van der Waals surface area (Å²) < 4.78 is 0. The van der Waals surface area contributed by atoms with Gasteiger partial charge in [-0.2, -0.15) is 0 Å². The maximum absolute atomic E-state index is 11.6. The summed E-state index contributed by atoms with van der Waals surface area (Å²) in [6.07, 6.45) is 2.73. The zero-order chi connectivity index (χ0) is 12.0. The third-order valence-corrected chi connectivity index (χ3v) is 2.99. The lowest BCUT2D eigenvalue weighted by atomic mass is 9.94. The molecule has 1 saturated heterocycles. The summed E-state index contributed by atoms with van der Waals surface area (Å²) in [5.74, 6) is 0.344. The Morgan fingerprint density at radius 3 is 2.50 bits per heavy atom. The van der Waals surface area contributed by atoms with Crippen molar-refractivity contribution in [1.82, 2.24) is 10.2 Å². The van der Waals surface area contributed by atoms with Crippen LogP contribution in [0.3, 0.4) is 0 Å². The molecule has 0 aromatic heterocycles. The van der Waals surface area contributed by atoms with Crippen molar-refractivity contribution >= 4 is 11.8 Å². The normalized spacial score (nSPS) is 17.2. The molecule has 5 nitrogen and oxygen atoms in total. The molecule has 0 aromatic carbocycles. The number of piperidine rings is 1. The summed E-state index contributed by atoms with van der Waals surface area (Å²) in [4.78, 5) is 24.1. The first-order valence-electron chi connectivity index (χ1n) is 5.76. The van der Waals surface area contributed by atoms with Crippen LogP contribution in [0.2, 0.25) is 0 Å². The molecule has 0 bridgehead atoms. The number of rotatable bonds is 4. The van der Waals surface area contributed by atoms with Gasteiger partial charge in [0.15, 0.2) is 0 Å². The molecule has 92 valence electrons. The number of nitrogens with zero attached hydrogens (tertiary/aromatic N) is 1. The molecule has 0 atom stereocenters. The topological polar surface area (TPSA) is 69.6 Å². The average Bonchev–Trinajstić information content (AvgIpc) is 2.27. The van der Waals surface area contributed by atoms with Crippen LogP contribution in [-0.2, 0) is 9.59 Å². The smallest absolute Gasteiger partial charge is 0.241 e. The maximum Gasteiger partial charge on any atom is 0.241 e. The molecule has 1 rings (SSSR count). The van der Waals surface area contributed by atoms with Crippen molar-refractivity contribution < 1.29 is 14.7 Å². The van der Waals surface area contributed by atoms with Crippen molar-refractivity contribution in [2.75, 3.05) is 26.2 Å². The lowest BCUT2D eigenvalue weighted by molar-refractivity contribution is -0.133. The monoisotopic (exact) mass is 228 g/mol. The van der Waals surface area contributed by atoms with Gasteiger partial charge >= 0.3 is 0 Å². The van der Waals surface area contributed by atoms with E-state index in [9.17, 15) is 9.59 Å². The maximum atomic E-state index is 11.6. The molecule has 1 aliphatic heterocycles. The van der Waals surface area contributed by atoms with E-state index in [0.29, 0.717) is 5.92 Å². The van der Waals surface area contributed by atoms with E-state index < -0.39 is 0 Å². The number of hydrogen-bond acceptors (Lipinski definition) is 3. The second-order valence-corrected chi connectivity index (χ2v) is 4.25. The molecular formula is C11H20N2O3. The summed E-state index contributed by atoms with van der Waals surface area (Å²) in [6.45, 7) is 3.21. The second kappa shape index (κ2) is 6.48. The summed E-state index contributed by atoms with van der Waals surface area (Å²) in [5.41, 5.74) is 0. The predicted octanol–water partition coefficient (Wildman–Crippen LogP) is -0.257. The highest BCUT2D eigenvalue weighted by molar-refractivity contribution is 5.83. The summed E-state index contributed by atoms with van der Waals surface area (Å²) in [7, 11) is 0. The Bertz CT molecular complexity index is 248. The molecular weight excluding hydrogens is 208 g/mol. The van der Waals surface area contributed by atoms with Gasteiger partial charge in [0, 0.05) is 26.6 Å². The van der Waals surface area contributed by atoms with Gasteiger partial charge in [0.2, 0.25) is 11.8 Å². The van der Waals surface area contributed by atoms with Gasteiger partial charge in [-0.05, 0) is 25.2 Å². The van der Waals surface area contributed by atoms with Crippen molar-refractivity contribution in [3.63, 3.8) is 0 Å². The number of hydrogen-bond donors (Lipinski definition) is 2. The van der Waals surface area contributed by atoms with Gasteiger partial charge in [-0.3, -0.25) is 9.59 Å². The first-order chi connectivity index (χ1) is 7.63. The number of likely N-dealkylation sites (tertiary alicyclic amines) is 1. The molecule has 0 unspecified atom stereocenters. The first kappa shape index (κ1) is 13.0. The van der Waals surface area contributed by atoms with Crippen molar-refractivity contribution in [3.05, 3.63) is 0 Å². The molecule has 0 aromatic rings. The minimum atomic E-state index is -0.177. The highest BCUT2D eigenvalue weighted by Crippen LogP contribution is 2.19. The highest BCUT2D eigenvalue weighted by Gasteiger charge is 2.22. The molecule has 2 N–H and O–H groups in total. The van der Waals surface area contributed by atoms with E-state index in [4.69, 9.17) is 5.11 Å². The van der Waals surface area contributed by atoms with Gasteiger partial charge in [0.1, 0.15) is 0 Å². The van der Waals surface area contributed by atoms with Gasteiger partial charge in [0.25, 0.3) is 0 Å². The van der Waals surface area contributed by atoms with Crippen LogP contribution in [0.25, 0.3) is 0 Å². The van der Waals surface area contributed by atoms with Gasteiger partial charge in [-0.15, -0.1) is 0 Å². The quantitative estimate of drug-likeness (QED) is 0.696. The van der Waals surface area contributed by atoms with Gasteiger partial charge in [-0.1, -0.05) is 0 Å². The highest BCUT2D eigenvalue weighted by atomic mass is 16.3. The van der Waals surface area contributed by atoms with Crippen LogP contribution in [0, 0.1) is 5.92 Å². The molecule has 1 heterocycles. The fourth-order valence-corrected chi connectivity index (χ4v) is 1.97. The van der Waals surface area contributed by atoms with Gasteiger partial charge < -0.3 is 15.3 Å². The Hall–Kier alpha value is -1.10. The fraction of sp³-hybridized carbons (Fsp3) is 0.818. The Balaban J connectivity index is 2.24. The molecule has 1 fully saturated rings. The summed E-state index contributed by atoms with van der Waals surface area (Å²) in [6, 6.07) is 0. The van der Waals surface area contributed by atoms with E-state index in [-0.39, 0.29) is 25.0 Å². The number of aliphatic hydroxyl groups is 1. The molecule has 5 heteroatoms. The minimum absolute atomic E-state index is 0.0161. The SMILES string of the molecule is CC(=O)NCC(=O)N1CCC(CCO)CC1. The van der Waals surface area contributed by atoms with Gasteiger partial charge in [-0.25, -0.2) is 0 Å². The molecule has 2 amide bonds. The van der Waals surface area contributed by atoms with Gasteiger partial charge in [0.05, 0.1) is 6.54 Å². The average molecular weight is 228 g/mol. The Kier molecular flexibility index (Phi) is 5.25. The van der Waals surface area contributed by atoms with Crippen LogP contribution in [-0.4, -0.2) is 48.1 Å². The Morgan fingerprint density at radius 2 is 2.00 bits per heavy atom. The third-order valence-electron chi connectivity index (χ3n) is 2.99. The lowest BCUT2D eigenvalue weighted by Gasteiger charge is -2.31. The molecule has 0 radical (unpaired) electrons. The Morgan fingerprint density at radius 1 is 1.38 bits per heavy atom. The molecule has 16 heavy (non-hydrogen) atoms. The fourth-order valence-electron chi connectivity index (χ4n) is 1.97. The number of nitrogens with one attached hydrogen (secondary N) is 1. The third kappa shape index (κ3) is 4.18. The largest absolute Gasteiger partial charge is 0.396 e. The van der Waals surface area contributed by atoms with E-state index in [1.807, 2.05) is 0 Å². The molecule has 0 aliphatic carbocycles. The van der Waals surface area contributed by atoms with Crippen LogP contribution in [0.1, 0.15) is 26.2 Å². The van der Waals surface area contributed by atoms with Crippen molar-refractivity contribution in [1.29, 1.82) is 0 Å². The van der Waals surface area contributed by atoms with Crippen LogP contribution in [0.15, 0.2) is 0 Å². The van der Waals surface area contributed by atoms with Crippen LogP contribution >= 0.6 is 0 Å². The Labute approximate surface area is 95.8 Å². The van der Waals surface area contributed by atoms with Crippen molar-refractivity contribution in [3.8, 4) is 0 Å². The van der Waals surface area contributed by atoms with E-state index >= 15 is 0 Å².